The molecule has 0 radical (unpaired) electrons. The second-order valence-electron chi connectivity index (χ2n) is 4.43. The van der Waals surface area contributed by atoms with E-state index in [4.69, 9.17) is 9.47 Å². The number of fused-ring (bicyclic) bond motifs is 1. The van der Waals surface area contributed by atoms with E-state index in [1.165, 1.54) is 7.11 Å². The van der Waals surface area contributed by atoms with Crippen molar-refractivity contribution in [2.75, 3.05) is 13.7 Å². The maximum Gasteiger partial charge on any atom is 0.215 e. The predicted octanol–water partition coefficient (Wildman–Crippen LogP) is 2.74. The fourth-order valence-corrected chi connectivity index (χ4v) is 2.08. The van der Waals surface area contributed by atoms with Gasteiger partial charge < -0.3 is 19.6 Å². The molecule has 0 aliphatic carbocycles. The van der Waals surface area contributed by atoms with E-state index in [1.54, 1.807) is 18.2 Å². The van der Waals surface area contributed by atoms with Crippen LogP contribution in [-0.4, -0.2) is 33.8 Å². The molecule has 3 aromatic rings. The number of ether oxygens (including phenoxy) is 2. The molecule has 0 saturated carbocycles. The van der Waals surface area contributed by atoms with E-state index >= 15 is 0 Å². The smallest absolute Gasteiger partial charge is 0.215 e. The van der Waals surface area contributed by atoms with Crippen LogP contribution in [0.25, 0.3) is 22.6 Å². The van der Waals surface area contributed by atoms with Crippen molar-refractivity contribution >= 4 is 11.2 Å². The van der Waals surface area contributed by atoms with Gasteiger partial charge in [0.05, 0.1) is 19.2 Å². The number of aromatic nitrogens is 3. The second kappa shape index (κ2) is 5.32. The van der Waals surface area contributed by atoms with Gasteiger partial charge in [0.15, 0.2) is 17.1 Å². The number of hydrogen-bond acceptors (Lipinski definition) is 5. The molecule has 6 nitrogen and oxygen atoms in total. The number of rotatable bonds is 4. The Morgan fingerprint density at radius 3 is 2.76 bits per heavy atom. The van der Waals surface area contributed by atoms with Crippen LogP contribution in [0, 0.1) is 0 Å². The minimum absolute atomic E-state index is 0.0680. The highest BCUT2D eigenvalue weighted by molar-refractivity contribution is 5.77. The van der Waals surface area contributed by atoms with Crippen LogP contribution in [0.5, 0.6) is 17.4 Å². The number of phenols is 1. The summed E-state index contributed by atoms with van der Waals surface area (Å²) in [4.78, 5) is 11.9. The van der Waals surface area contributed by atoms with Crippen LogP contribution in [0.15, 0.2) is 30.3 Å². The Balaban J connectivity index is 2.02. The molecule has 0 atom stereocenters. The maximum atomic E-state index is 9.84. The van der Waals surface area contributed by atoms with Crippen molar-refractivity contribution in [1.82, 2.24) is 15.0 Å². The molecule has 0 unspecified atom stereocenters. The van der Waals surface area contributed by atoms with E-state index in [-0.39, 0.29) is 5.75 Å². The van der Waals surface area contributed by atoms with Crippen molar-refractivity contribution in [3.8, 4) is 28.8 Å². The summed E-state index contributed by atoms with van der Waals surface area (Å²) >= 11 is 0. The fraction of sp³-hybridized carbons (Fsp3) is 0.200. The number of phenolic OH excluding ortho intramolecular Hbond substituents is 1. The van der Waals surface area contributed by atoms with Crippen LogP contribution in [0.1, 0.15) is 6.92 Å². The van der Waals surface area contributed by atoms with Crippen molar-refractivity contribution in [2.45, 2.75) is 6.92 Å². The summed E-state index contributed by atoms with van der Waals surface area (Å²) in [6.07, 6.45) is 0. The first-order valence-corrected chi connectivity index (χ1v) is 6.58. The zero-order chi connectivity index (χ0) is 14.8. The van der Waals surface area contributed by atoms with Crippen LogP contribution in [-0.2, 0) is 0 Å². The van der Waals surface area contributed by atoms with Crippen molar-refractivity contribution < 1.29 is 14.6 Å². The highest BCUT2D eigenvalue weighted by atomic mass is 16.5. The Morgan fingerprint density at radius 1 is 1.19 bits per heavy atom. The van der Waals surface area contributed by atoms with Gasteiger partial charge in [-0.2, -0.15) is 4.98 Å². The summed E-state index contributed by atoms with van der Waals surface area (Å²) < 4.78 is 10.4. The second-order valence-corrected chi connectivity index (χ2v) is 4.43. The SMILES string of the molecule is CCOc1ccc2[nH]c(-c3ccc(OC)c(O)c3)nc2n1. The number of hydrogen-bond donors (Lipinski definition) is 2. The van der Waals surface area contributed by atoms with Crippen LogP contribution in [0.4, 0.5) is 0 Å². The number of aromatic amines is 1. The maximum absolute atomic E-state index is 9.84. The van der Waals surface area contributed by atoms with Crippen molar-refractivity contribution in [3.63, 3.8) is 0 Å². The lowest BCUT2D eigenvalue weighted by Gasteiger charge is -2.04. The summed E-state index contributed by atoms with van der Waals surface area (Å²) in [5.41, 5.74) is 2.14. The van der Waals surface area contributed by atoms with E-state index in [9.17, 15) is 5.11 Å². The van der Waals surface area contributed by atoms with Gasteiger partial charge in [0.1, 0.15) is 5.82 Å². The number of H-pyrrole nitrogens is 1. The van der Waals surface area contributed by atoms with Gasteiger partial charge in [0, 0.05) is 11.6 Å². The topological polar surface area (TPSA) is 80.3 Å². The minimum Gasteiger partial charge on any atom is -0.504 e. The van der Waals surface area contributed by atoms with Crippen molar-refractivity contribution in [3.05, 3.63) is 30.3 Å². The molecular weight excluding hydrogens is 270 g/mol. The van der Waals surface area contributed by atoms with Gasteiger partial charge in [-0.3, -0.25) is 0 Å². The van der Waals surface area contributed by atoms with Crippen molar-refractivity contribution in [2.24, 2.45) is 0 Å². The Morgan fingerprint density at radius 2 is 2.05 bits per heavy atom. The van der Waals surface area contributed by atoms with E-state index in [0.29, 0.717) is 29.7 Å². The van der Waals surface area contributed by atoms with Crippen LogP contribution >= 0.6 is 0 Å². The molecule has 2 N–H and O–H groups in total. The monoisotopic (exact) mass is 285 g/mol. The molecule has 0 saturated heterocycles. The van der Waals surface area contributed by atoms with E-state index < -0.39 is 0 Å². The van der Waals surface area contributed by atoms with E-state index in [1.807, 2.05) is 19.1 Å². The predicted molar refractivity (Wildman–Crippen MR) is 78.7 cm³/mol. The lowest BCUT2D eigenvalue weighted by Crippen LogP contribution is -1.93. The molecule has 2 aromatic heterocycles. The van der Waals surface area contributed by atoms with Gasteiger partial charge in [-0.15, -0.1) is 0 Å². The van der Waals surface area contributed by atoms with Crippen molar-refractivity contribution in [1.29, 1.82) is 0 Å². The zero-order valence-electron chi connectivity index (χ0n) is 11.8. The number of nitrogens with one attached hydrogen (secondary N) is 1. The molecule has 2 heterocycles. The summed E-state index contributed by atoms with van der Waals surface area (Å²) in [5.74, 6) is 1.66. The molecule has 21 heavy (non-hydrogen) atoms. The third kappa shape index (κ3) is 2.47. The number of benzene rings is 1. The van der Waals surface area contributed by atoms with E-state index in [0.717, 1.165) is 11.1 Å². The molecule has 0 bridgehead atoms. The Hall–Kier alpha value is -2.76. The summed E-state index contributed by atoms with van der Waals surface area (Å²) in [5, 5.41) is 9.84. The number of methoxy groups -OCH3 is 1. The highest BCUT2D eigenvalue weighted by Gasteiger charge is 2.10. The van der Waals surface area contributed by atoms with Gasteiger partial charge in [0.25, 0.3) is 0 Å². The third-order valence-electron chi connectivity index (χ3n) is 3.06. The summed E-state index contributed by atoms with van der Waals surface area (Å²) in [7, 11) is 1.51. The first kappa shape index (κ1) is 13.2. The quantitative estimate of drug-likeness (QED) is 0.770. The molecule has 3 rings (SSSR count). The van der Waals surface area contributed by atoms with Crippen LogP contribution in [0.3, 0.4) is 0 Å². The molecule has 108 valence electrons. The van der Waals surface area contributed by atoms with Gasteiger partial charge in [-0.1, -0.05) is 0 Å². The number of nitrogens with zero attached hydrogens (tertiary/aromatic N) is 2. The number of aromatic hydroxyl groups is 1. The Labute approximate surface area is 121 Å². The average molecular weight is 285 g/mol. The number of pyridine rings is 1. The summed E-state index contributed by atoms with van der Waals surface area (Å²) in [6.45, 7) is 2.46. The largest absolute Gasteiger partial charge is 0.504 e. The minimum atomic E-state index is 0.0680. The molecule has 0 aliphatic heterocycles. The zero-order valence-corrected chi connectivity index (χ0v) is 11.8. The van der Waals surface area contributed by atoms with Gasteiger partial charge in [-0.25, -0.2) is 4.98 Å². The normalized spacial score (nSPS) is 10.8. The summed E-state index contributed by atoms with van der Waals surface area (Å²) in [6, 6.07) is 8.77. The third-order valence-corrected chi connectivity index (χ3v) is 3.06. The molecule has 0 amide bonds. The van der Waals surface area contributed by atoms with Gasteiger partial charge in [-0.05, 0) is 31.2 Å². The standard InChI is InChI=1S/C15H15N3O3/c1-3-21-13-7-5-10-15(17-13)18-14(16-10)9-4-6-12(20-2)11(19)8-9/h4-8,19H,3H2,1-2H3,(H,16,17,18). The highest BCUT2D eigenvalue weighted by Crippen LogP contribution is 2.31. The Bertz CT molecular complexity index is 783. The van der Waals surface area contributed by atoms with Crippen LogP contribution in [0.2, 0.25) is 0 Å². The first-order chi connectivity index (χ1) is 10.2. The van der Waals surface area contributed by atoms with Crippen LogP contribution < -0.4 is 9.47 Å². The fourth-order valence-electron chi connectivity index (χ4n) is 2.08. The molecular formula is C15H15N3O3. The molecule has 0 fully saturated rings. The Kier molecular flexibility index (Phi) is 3.35. The molecule has 6 heteroatoms. The lowest BCUT2D eigenvalue weighted by atomic mass is 10.2. The van der Waals surface area contributed by atoms with Gasteiger partial charge >= 0.3 is 0 Å². The lowest BCUT2D eigenvalue weighted by molar-refractivity contribution is 0.328. The molecule has 1 aromatic carbocycles. The molecule has 0 aliphatic rings. The van der Waals surface area contributed by atoms with Gasteiger partial charge in [0.2, 0.25) is 5.88 Å². The molecule has 0 spiro atoms. The average Bonchev–Trinajstić information content (AvgIpc) is 2.90. The number of imidazole rings is 1. The van der Waals surface area contributed by atoms with E-state index in [2.05, 4.69) is 15.0 Å². The first-order valence-electron chi connectivity index (χ1n) is 6.58.